The topological polar surface area (TPSA) is 49.8 Å². The lowest BCUT2D eigenvalue weighted by atomic mass is 10.1. The van der Waals surface area contributed by atoms with Crippen LogP contribution in [0.1, 0.15) is 19.4 Å². The standard InChI is InChI=1S/C14H15NO3S2/c1-8(2)15-13(17)11(20-14(15)19)7-9-5-4-6-10(18-3)12(9)16/h4-8,16H,1-3H3/b11-7-. The van der Waals surface area contributed by atoms with E-state index in [4.69, 9.17) is 17.0 Å². The first-order chi connectivity index (χ1) is 9.45. The number of amides is 1. The number of para-hydroxylation sites is 1. The van der Waals surface area contributed by atoms with Crippen LogP contribution in [-0.4, -0.2) is 33.4 Å². The van der Waals surface area contributed by atoms with Crippen LogP contribution >= 0.6 is 24.0 Å². The maximum absolute atomic E-state index is 12.3. The molecule has 1 aromatic rings. The number of phenolic OH excluding ortho intramolecular Hbond substituents is 1. The molecule has 1 aliphatic heterocycles. The second kappa shape index (κ2) is 5.85. The SMILES string of the molecule is COc1cccc(/C=C2\SC(=S)N(C(C)C)C2=O)c1O. The van der Waals surface area contributed by atoms with Gasteiger partial charge in [0, 0.05) is 11.6 Å². The molecule has 0 spiro atoms. The lowest BCUT2D eigenvalue weighted by Crippen LogP contribution is -2.34. The second-order valence-electron chi connectivity index (χ2n) is 4.54. The number of hydrogen-bond donors (Lipinski definition) is 1. The highest BCUT2D eigenvalue weighted by Gasteiger charge is 2.33. The summed E-state index contributed by atoms with van der Waals surface area (Å²) in [5.41, 5.74) is 0.536. The number of phenols is 1. The molecule has 0 unspecified atom stereocenters. The molecule has 6 heteroatoms. The van der Waals surface area contributed by atoms with Crippen molar-refractivity contribution in [2.24, 2.45) is 0 Å². The zero-order chi connectivity index (χ0) is 14.9. The number of rotatable bonds is 3. The minimum Gasteiger partial charge on any atom is -0.504 e. The Balaban J connectivity index is 2.38. The molecule has 1 aromatic carbocycles. The Morgan fingerprint density at radius 3 is 2.70 bits per heavy atom. The summed E-state index contributed by atoms with van der Waals surface area (Å²) in [6.07, 6.45) is 1.64. The van der Waals surface area contributed by atoms with E-state index in [9.17, 15) is 9.90 Å². The molecule has 1 heterocycles. The van der Waals surface area contributed by atoms with Gasteiger partial charge in [-0.3, -0.25) is 9.69 Å². The molecule has 20 heavy (non-hydrogen) atoms. The van der Waals surface area contributed by atoms with Crippen LogP contribution in [0.25, 0.3) is 6.08 Å². The number of hydrogen-bond acceptors (Lipinski definition) is 5. The van der Waals surface area contributed by atoms with Crippen molar-refractivity contribution in [1.82, 2.24) is 4.90 Å². The van der Waals surface area contributed by atoms with Gasteiger partial charge in [0.1, 0.15) is 4.32 Å². The fraction of sp³-hybridized carbons (Fsp3) is 0.286. The third-order valence-electron chi connectivity index (χ3n) is 2.88. The highest BCUT2D eigenvalue weighted by molar-refractivity contribution is 8.26. The Bertz CT molecular complexity index is 596. The summed E-state index contributed by atoms with van der Waals surface area (Å²) in [5, 5.41) is 10.0. The molecule has 1 amide bonds. The number of methoxy groups -OCH3 is 1. The Kier molecular flexibility index (Phi) is 4.35. The molecule has 4 nitrogen and oxygen atoms in total. The predicted molar refractivity (Wildman–Crippen MR) is 84.8 cm³/mol. The summed E-state index contributed by atoms with van der Waals surface area (Å²) >= 11 is 6.45. The number of thioether (sulfide) groups is 1. The summed E-state index contributed by atoms with van der Waals surface area (Å²) in [5.74, 6) is 0.264. The Hall–Kier alpha value is -1.53. The number of thiocarbonyl (C=S) groups is 1. The maximum Gasteiger partial charge on any atom is 0.266 e. The first-order valence-corrected chi connectivity index (χ1v) is 7.31. The van der Waals surface area contributed by atoms with Crippen LogP contribution in [0.3, 0.4) is 0 Å². The molecular formula is C14H15NO3S2. The van der Waals surface area contributed by atoms with Gasteiger partial charge in [-0.15, -0.1) is 0 Å². The Morgan fingerprint density at radius 1 is 1.45 bits per heavy atom. The van der Waals surface area contributed by atoms with Gasteiger partial charge in [0.15, 0.2) is 11.5 Å². The Morgan fingerprint density at radius 2 is 2.15 bits per heavy atom. The number of aromatic hydroxyl groups is 1. The predicted octanol–water partition coefficient (Wildman–Crippen LogP) is 3.01. The first kappa shape index (κ1) is 14.9. The van der Waals surface area contributed by atoms with Gasteiger partial charge in [0.2, 0.25) is 0 Å². The van der Waals surface area contributed by atoms with Crippen LogP contribution < -0.4 is 4.74 Å². The van der Waals surface area contributed by atoms with Crippen molar-refractivity contribution in [3.63, 3.8) is 0 Å². The van der Waals surface area contributed by atoms with Gasteiger partial charge in [0.25, 0.3) is 5.91 Å². The number of nitrogens with zero attached hydrogens (tertiary/aromatic N) is 1. The second-order valence-corrected chi connectivity index (χ2v) is 6.22. The van der Waals surface area contributed by atoms with Crippen molar-refractivity contribution in [2.45, 2.75) is 19.9 Å². The van der Waals surface area contributed by atoms with E-state index in [1.54, 1.807) is 29.2 Å². The normalized spacial score (nSPS) is 17.4. The summed E-state index contributed by atoms with van der Waals surface area (Å²) in [6.45, 7) is 3.83. The molecule has 1 fully saturated rings. The fourth-order valence-electron chi connectivity index (χ4n) is 1.89. The van der Waals surface area contributed by atoms with E-state index in [1.807, 2.05) is 13.8 Å². The van der Waals surface area contributed by atoms with Crippen molar-refractivity contribution in [3.8, 4) is 11.5 Å². The van der Waals surface area contributed by atoms with Gasteiger partial charge >= 0.3 is 0 Å². The summed E-state index contributed by atoms with van der Waals surface area (Å²) < 4.78 is 5.59. The smallest absolute Gasteiger partial charge is 0.266 e. The van der Waals surface area contributed by atoms with E-state index in [-0.39, 0.29) is 17.7 Å². The van der Waals surface area contributed by atoms with E-state index in [2.05, 4.69) is 0 Å². The lowest BCUT2D eigenvalue weighted by molar-refractivity contribution is -0.123. The third kappa shape index (κ3) is 2.66. The minimum atomic E-state index is -0.128. The first-order valence-electron chi connectivity index (χ1n) is 6.08. The van der Waals surface area contributed by atoms with Gasteiger partial charge < -0.3 is 9.84 Å². The quantitative estimate of drug-likeness (QED) is 0.687. The molecular weight excluding hydrogens is 294 g/mol. The highest BCUT2D eigenvalue weighted by Crippen LogP contribution is 2.37. The molecule has 0 aliphatic carbocycles. The van der Waals surface area contributed by atoms with Crippen molar-refractivity contribution >= 4 is 40.3 Å². The van der Waals surface area contributed by atoms with Gasteiger partial charge in [-0.25, -0.2) is 0 Å². The van der Waals surface area contributed by atoms with Crippen molar-refractivity contribution in [1.29, 1.82) is 0 Å². The van der Waals surface area contributed by atoms with Gasteiger partial charge in [-0.2, -0.15) is 0 Å². The van der Waals surface area contributed by atoms with E-state index < -0.39 is 0 Å². The van der Waals surface area contributed by atoms with E-state index >= 15 is 0 Å². The number of carbonyl (C=O) groups is 1. The van der Waals surface area contributed by atoms with Gasteiger partial charge in [0.05, 0.1) is 12.0 Å². The third-order valence-corrected chi connectivity index (χ3v) is 4.21. The Labute approximate surface area is 127 Å². The average Bonchev–Trinajstić information content (AvgIpc) is 2.67. The van der Waals surface area contributed by atoms with Crippen LogP contribution in [0.5, 0.6) is 11.5 Å². The van der Waals surface area contributed by atoms with Gasteiger partial charge in [-0.05, 0) is 26.0 Å². The highest BCUT2D eigenvalue weighted by atomic mass is 32.2. The number of ether oxygens (including phenoxy) is 1. The molecule has 0 saturated carbocycles. The molecule has 0 atom stereocenters. The molecule has 0 bridgehead atoms. The van der Waals surface area contributed by atoms with Crippen molar-refractivity contribution in [2.75, 3.05) is 7.11 Å². The molecule has 1 N–H and O–H groups in total. The average molecular weight is 309 g/mol. The lowest BCUT2D eigenvalue weighted by Gasteiger charge is -2.18. The largest absolute Gasteiger partial charge is 0.504 e. The maximum atomic E-state index is 12.3. The van der Waals surface area contributed by atoms with E-state index in [0.717, 1.165) is 0 Å². The fourth-order valence-corrected chi connectivity index (χ4v) is 3.40. The molecule has 0 radical (unpaired) electrons. The van der Waals surface area contributed by atoms with E-state index in [1.165, 1.54) is 18.9 Å². The van der Waals surface area contributed by atoms with Crippen molar-refractivity contribution in [3.05, 3.63) is 28.7 Å². The van der Waals surface area contributed by atoms with Crippen LogP contribution in [0.4, 0.5) is 0 Å². The molecule has 1 aliphatic rings. The molecule has 1 saturated heterocycles. The monoisotopic (exact) mass is 309 g/mol. The number of carbonyl (C=O) groups excluding carboxylic acids is 1. The molecule has 106 valence electrons. The van der Waals surface area contributed by atoms with Gasteiger partial charge in [-0.1, -0.05) is 36.1 Å². The minimum absolute atomic E-state index is 0.0183. The van der Waals surface area contributed by atoms with Crippen LogP contribution in [0.15, 0.2) is 23.1 Å². The number of benzene rings is 1. The van der Waals surface area contributed by atoms with Crippen LogP contribution in [-0.2, 0) is 4.79 Å². The summed E-state index contributed by atoms with van der Waals surface area (Å²) in [4.78, 5) is 14.3. The zero-order valence-corrected chi connectivity index (χ0v) is 13.0. The van der Waals surface area contributed by atoms with Crippen LogP contribution in [0.2, 0.25) is 0 Å². The van der Waals surface area contributed by atoms with Crippen LogP contribution in [0, 0.1) is 0 Å². The van der Waals surface area contributed by atoms with E-state index in [0.29, 0.717) is 20.5 Å². The summed E-state index contributed by atoms with van der Waals surface area (Å²) in [6, 6.07) is 5.16. The molecule has 2 rings (SSSR count). The zero-order valence-electron chi connectivity index (χ0n) is 11.4. The van der Waals surface area contributed by atoms with Crippen molar-refractivity contribution < 1.29 is 14.6 Å². The molecule has 0 aromatic heterocycles. The summed E-state index contributed by atoms with van der Waals surface area (Å²) in [7, 11) is 1.48.